The minimum Gasteiger partial charge on any atom is -0.449 e. The van der Waals surface area contributed by atoms with E-state index in [0.29, 0.717) is 17.4 Å². The molecule has 1 saturated heterocycles. The van der Waals surface area contributed by atoms with Gasteiger partial charge in [-0.25, -0.2) is 17.6 Å². The minimum absolute atomic E-state index is 0.0521. The number of amides is 1. The number of halogens is 2. The predicted molar refractivity (Wildman–Crippen MR) is 103 cm³/mol. The third-order valence-corrected chi connectivity index (χ3v) is 6.51. The lowest BCUT2D eigenvalue weighted by atomic mass is 10.2. The Hall–Kier alpha value is -1.74. The van der Waals surface area contributed by atoms with Gasteiger partial charge in [0.1, 0.15) is 5.82 Å². The molecule has 1 aromatic carbocycles. The Balaban J connectivity index is 1.99. The monoisotopic (exact) mass is 461 g/mol. The standard InChI is InChI=1S/C18H21BrFNO5S/c1-3-21(15-8-9-27(24,25)11-15)18(23)12(2)26-17(22)7-4-13-10-14(19)5-6-16(13)20/h4-7,10,12,15H,3,8-9,11H2,1-2H3/b7-4+. The average molecular weight is 462 g/mol. The molecule has 0 radical (unpaired) electrons. The van der Waals surface area contributed by atoms with Gasteiger partial charge in [0.15, 0.2) is 15.9 Å². The first-order valence-corrected chi connectivity index (χ1v) is 11.1. The Morgan fingerprint density at radius 1 is 1.44 bits per heavy atom. The van der Waals surface area contributed by atoms with Gasteiger partial charge in [-0.1, -0.05) is 15.9 Å². The number of likely N-dealkylation sites (N-methyl/N-ethyl adjacent to an activating group) is 1. The summed E-state index contributed by atoms with van der Waals surface area (Å²) in [7, 11) is -3.13. The zero-order valence-corrected chi connectivity index (χ0v) is 17.4. The number of hydrogen-bond acceptors (Lipinski definition) is 5. The number of hydrogen-bond donors (Lipinski definition) is 0. The highest BCUT2D eigenvalue weighted by atomic mass is 79.9. The lowest BCUT2D eigenvalue weighted by molar-refractivity contribution is -0.156. The molecule has 0 aliphatic carbocycles. The molecule has 1 heterocycles. The lowest BCUT2D eigenvalue weighted by Crippen LogP contribution is -2.46. The van der Waals surface area contributed by atoms with Gasteiger partial charge in [0.05, 0.1) is 11.5 Å². The summed E-state index contributed by atoms with van der Waals surface area (Å²) < 4.78 is 42.7. The predicted octanol–water partition coefficient (Wildman–Crippen LogP) is 2.57. The zero-order valence-electron chi connectivity index (χ0n) is 15.0. The second-order valence-electron chi connectivity index (χ2n) is 6.26. The highest BCUT2D eigenvalue weighted by molar-refractivity contribution is 9.10. The van der Waals surface area contributed by atoms with Crippen molar-refractivity contribution in [2.24, 2.45) is 0 Å². The van der Waals surface area contributed by atoms with Crippen molar-refractivity contribution in [1.29, 1.82) is 0 Å². The summed E-state index contributed by atoms with van der Waals surface area (Å²) in [6, 6.07) is 3.90. The van der Waals surface area contributed by atoms with E-state index in [9.17, 15) is 22.4 Å². The fraction of sp³-hybridized carbons (Fsp3) is 0.444. The van der Waals surface area contributed by atoms with Crippen molar-refractivity contribution >= 4 is 43.7 Å². The van der Waals surface area contributed by atoms with E-state index in [1.807, 2.05) is 0 Å². The third-order valence-electron chi connectivity index (χ3n) is 4.27. The Morgan fingerprint density at radius 3 is 2.74 bits per heavy atom. The Kier molecular flexibility index (Phi) is 7.16. The average Bonchev–Trinajstić information content (AvgIpc) is 2.95. The number of nitrogens with zero attached hydrogens (tertiary/aromatic N) is 1. The quantitative estimate of drug-likeness (QED) is 0.480. The number of carbonyl (C=O) groups is 2. The topological polar surface area (TPSA) is 80.8 Å². The minimum atomic E-state index is -3.13. The fourth-order valence-corrected chi connectivity index (χ4v) is 5.02. The number of rotatable bonds is 6. The second kappa shape index (κ2) is 8.97. The molecule has 1 fully saturated rings. The van der Waals surface area contributed by atoms with Gasteiger partial charge < -0.3 is 9.64 Å². The second-order valence-corrected chi connectivity index (χ2v) is 9.40. The highest BCUT2D eigenvalue weighted by Gasteiger charge is 2.36. The summed E-state index contributed by atoms with van der Waals surface area (Å²) in [6.07, 6.45) is 1.62. The van der Waals surface area contributed by atoms with Crippen LogP contribution in [0.5, 0.6) is 0 Å². The van der Waals surface area contributed by atoms with E-state index in [1.165, 1.54) is 36.1 Å². The van der Waals surface area contributed by atoms with E-state index in [0.717, 1.165) is 6.08 Å². The van der Waals surface area contributed by atoms with Crippen molar-refractivity contribution in [3.05, 3.63) is 40.1 Å². The first-order valence-electron chi connectivity index (χ1n) is 8.47. The van der Waals surface area contributed by atoms with E-state index in [2.05, 4.69) is 15.9 Å². The van der Waals surface area contributed by atoms with E-state index >= 15 is 0 Å². The number of sulfone groups is 1. The molecular formula is C18H21BrFNO5S. The Labute approximate surface area is 166 Å². The van der Waals surface area contributed by atoms with E-state index < -0.39 is 39.7 Å². The van der Waals surface area contributed by atoms with Crippen LogP contribution >= 0.6 is 15.9 Å². The molecule has 0 saturated carbocycles. The zero-order chi connectivity index (χ0) is 20.2. The van der Waals surface area contributed by atoms with Gasteiger partial charge in [-0.2, -0.15) is 0 Å². The fourth-order valence-electron chi connectivity index (χ4n) is 2.91. The molecule has 2 rings (SSSR count). The largest absolute Gasteiger partial charge is 0.449 e. The first kappa shape index (κ1) is 21.6. The summed E-state index contributed by atoms with van der Waals surface area (Å²) in [5.74, 6) is -1.75. The molecule has 148 valence electrons. The maximum Gasteiger partial charge on any atom is 0.331 e. The molecule has 6 nitrogen and oxygen atoms in total. The van der Waals surface area contributed by atoms with Crippen LogP contribution in [0.25, 0.3) is 6.08 Å². The molecule has 1 aromatic rings. The van der Waals surface area contributed by atoms with Gasteiger partial charge in [0, 0.05) is 28.7 Å². The van der Waals surface area contributed by atoms with Crippen molar-refractivity contribution in [1.82, 2.24) is 4.90 Å². The summed E-state index contributed by atoms with van der Waals surface area (Å²) in [5, 5.41) is 0. The smallest absolute Gasteiger partial charge is 0.331 e. The van der Waals surface area contributed by atoms with Gasteiger partial charge in [0.2, 0.25) is 0 Å². The van der Waals surface area contributed by atoms with E-state index in [4.69, 9.17) is 4.74 Å². The molecule has 9 heteroatoms. The maximum absolute atomic E-state index is 13.7. The molecule has 0 aromatic heterocycles. The summed E-state index contributed by atoms with van der Waals surface area (Å²) >= 11 is 3.22. The van der Waals surface area contributed by atoms with Crippen LogP contribution in [0.15, 0.2) is 28.7 Å². The summed E-state index contributed by atoms with van der Waals surface area (Å²) in [5.41, 5.74) is 0.201. The normalized spacial score (nSPS) is 19.8. The van der Waals surface area contributed by atoms with E-state index in [-0.39, 0.29) is 17.1 Å². The number of benzene rings is 1. The van der Waals surface area contributed by atoms with Gasteiger partial charge in [-0.05, 0) is 44.5 Å². The summed E-state index contributed by atoms with van der Waals surface area (Å²) in [6.45, 7) is 3.49. The first-order chi connectivity index (χ1) is 12.6. The molecule has 2 unspecified atom stereocenters. The van der Waals surface area contributed by atoms with Crippen molar-refractivity contribution in [2.45, 2.75) is 32.4 Å². The molecule has 0 N–H and O–H groups in total. The number of ether oxygens (including phenoxy) is 1. The SMILES string of the molecule is CCN(C(=O)C(C)OC(=O)/C=C/c1cc(Br)ccc1F)C1CCS(=O)(=O)C1. The molecular weight excluding hydrogens is 441 g/mol. The van der Waals surface area contributed by atoms with Gasteiger partial charge in [-0.3, -0.25) is 4.79 Å². The van der Waals surface area contributed by atoms with Crippen LogP contribution < -0.4 is 0 Å². The van der Waals surface area contributed by atoms with E-state index in [1.54, 1.807) is 6.92 Å². The van der Waals surface area contributed by atoms with Crippen molar-refractivity contribution < 1.29 is 27.1 Å². The van der Waals surface area contributed by atoms with Crippen molar-refractivity contribution in [3.63, 3.8) is 0 Å². The van der Waals surface area contributed by atoms with Gasteiger partial charge in [0.25, 0.3) is 5.91 Å². The molecule has 1 amide bonds. The van der Waals surface area contributed by atoms with Crippen LogP contribution in [0.2, 0.25) is 0 Å². The molecule has 27 heavy (non-hydrogen) atoms. The molecule has 1 aliphatic heterocycles. The van der Waals surface area contributed by atoms with Crippen molar-refractivity contribution in [2.75, 3.05) is 18.1 Å². The van der Waals surface area contributed by atoms with Crippen LogP contribution in [0.3, 0.4) is 0 Å². The molecule has 0 spiro atoms. The highest BCUT2D eigenvalue weighted by Crippen LogP contribution is 2.19. The summed E-state index contributed by atoms with van der Waals surface area (Å²) in [4.78, 5) is 25.9. The van der Waals surface area contributed by atoms with Crippen LogP contribution in [0.1, 0.15) is 25.8 Å². The molecule has 0 bridgehead atoms. The molecule has 1 aliphatic rings. The number of carbonyl (C=O) groups excluding carboxylic acids is 2. The van der Waals surface area contributed by atoms with Gasteiger partial charge in [-0.15, -0.1) is 0 Å². The molecule has 2 atom stereocenters. The van der Waals surface area contributed by atoms with Crippen molar-refractivity contribution in [3.8, 4) is 0 Å². The van der Waals surface area contributed by atoms with Crippen LogP contribution in [-0.2, 0) is 24.2 Å². The maximum atomic E-state index is 13.7. The van der Waals surface area contributed by atoms with Crippen LogP contribution in [0, 0.1) is 5.82 Å². The third kappa shape index (κ3) is 5.87. The number of esters is 1. The van der Waals surface area contributed by atoms with Gasteiger partial charge >= 0.3 is 5.97 Å². The van der Waals surface area contributed by atoms with Crippen LogP contribution in [0.4, 0.5) is 4.39 Å². The Bertz CT molecular complexity index is 855. The lowest BCUT2D eigenvalue weighted by Gasteiger charge is -2.29. The van der Waals surface area contributed by atoms with Crippen LogP contribution in [-0.4, -0.2) is 55.4 Å². The Morgan fingerprint density at radius 2 is 2.15 bits per heavy atom.